The second kappa shape index (κ2) is 9.40. The molecule has 1 saturated heterocycles. The van der Waals surface area contributed by atoms with Gasteiger partial charge in [0.05, 0.1) is 11.6 Å². The van der Waals surface area contributed by atoms with Crippen LogP contribution >= 0.6 is 23.2 Å². The highest BCUT2D eigenvalue weighted by Crippen LogP contribution is 2.28. The summed E-state index contributed by atoms with van der Waals surface area (Å²) in [4.78, 5) is 32.3. The van der Waals surface area contributed by atoms with Gasteiger partial charge in [-0.25, -0.2) is 4.79 Å². The average Bonchev–Trinajstić information content (AvgIpc) is 3.15. The van der Waals surface area contributed by atoms with Gasteiger partial charge in [-0.2, -0.15) is 4.98 Å². The Bertz CT molecular complexity index is 1300. The topological polar surface area (TPSA) is 94.5 Å². The number of benzene rings is 1. The van der Waals surface area contributed by atoms with Crippen molar-refractivity contribution in [1.82, 2.24) is 18.7 Å². The zero-order valence-electron chi connectivity index (χ0n) is 18.8. The first-order chi connectivity index (χ1) is 15.7. The smallest absolute Gasteiger partial charge is 0.332 e. The Morgan fingerprint density at radius 2 is 2.00 bits per heavy atom. The normalized spacial score (nSPS) is 17.5. The Hall–Kier alpha value is -2.49. The number of hydrogen-bond donors (Lipinski definition) is 1. The van der Waals surface area contributed by atoms with Crippen molar-refractivity contribution in [3.8, 4) is 5.75 Å². The number of rotatable bonds is 6. The van der Waals surface area contributed by atoms with Crippen molar-refractivity contribution in [3.05, 3.63) is 49.1 Å². The highest BCUT2D eigenvalue weighted by atomic mass is 35.5. The number of anilines is 1. The third-order valence-corrected chi connectivity index (χ3v) is 6.52. The highest BCUT2D eigenvalue weighted by molar-refractivity contribution is 6.35. The van der Waals surface area contributed by atoms with Crippen molar-refractivity contribution in [1.29, 1.82) is 0 Å². The maximum absolute atomic E-state index is 13.0. The molecule has 0 saturated carbocycles. The van der Waals surface area contributed by atoms with Crippen LogP contribution in [0.2, 0.25) is 10.0 Å². The molecule has 0 bridgehead atoms. The molecule has 0 amide bonds. The summed E-state index contributed by atoms with van der Waals surface area (Å²) in [6.07, 6.45) is 1.16. The monoisotopic (exact) mass is 495 g/mol. The van der Waals surface area contributed by atoms with E-state index in [0.717, 1.165) is 30.5 Å². The molecule has 4 rings (SSSR count). The number of imidazole rings is 1. The number of fused-ring (bicyclic) bond motifs is 1. The predicted octanol–water partition coefficient (Wildman–Crippen LogP) is 2.42. The number of nitrogens with zero attached hydrogens (tertiary/aromatic N) is 5. The third kappa shape index (κ3) is 4.62. The number of aliphatic hydroxyl groups is 1. The second-order valence-electron chi connectivity index (χ2n) is 8.63. The van der Waals surface area contributed by atoms with E-state index in [-0.39, 0.29) is 18.7 Å². The van der Waals surface area contributed by atoms with Gasteiger partial charge in [-0.3, -0.25) is 13.9 Å². The summed E-state index contributed by atoms with van der Waals surface area (Å²) in [6, 6.07) is 4.85. The predicted molar refractivity (Wildman–Crippen MR) is 129 cm³/mol. The van der Waals surface area contributed by atoms with Gasteiger partial charge in [0.25, 0.3) is 5.56 Å². The standard InChI is InChI=1S/C22H27Cl2N5O4/c1-13-5-4-8-28(10-13)21-25-19-18(20(31)27(3)22(32)26(19)2)29(21)11-15(30)12-33-17-7-6-14(23)9-16(17)24/h6-7,9,13,15,30H,4-5,8,10-12H2,1-3H3/t13-,15+/m0/s1. The third-order valence-electron chi connectivity index (χ3n) is 5.99. The molecule has 1 aliphatic rings. The van der Waals surface area contributed by atoms with Gasteiger partial charge in [0.2, 0.25) is 5.95 Å². The Kier molecular flexibility index (Phi) is 6.74. The first-order valence-electron chi connectivity index (χ1n) is 10.8. The van der Waals surface area contributed by atoms with Crippen LogP contribution in [0.3, 0.4) is 0 Å². The summed E-state index contributed by atoms with van der Waals surface area (Å²) < 4.78 is 9.80. The molecular formula is C22H27Cl2N5O4. The number of hydrogen-bond acceptors (Lipinski definition) is 6. The zero-order chi connectivity index (χ0) is 23.9. The molecule has 0 unspecified atom stereocenters. The first-order valence-corrected chi connectivity index (χ1v) is 11.6. The van der Waals surface area contributed by atoms with Crippen LogP contribution in [0.15, 0.2) is 27.8 Å². The van der Waals surface area contributed by atoms with E-state index < -0.39 is 17.4 Å². The molecular weight excluding hydrogens is 469 g/mol. The SMILES string of the molecule is C[C@H]1CCCN(c2nc3c(c(=O)n(C)c(=O)n3C)n2C[C@@H](O)COc2ccc(Cl)cc2Cl)C1. The zero-order valence-corrected chi connectivity index (χ0v) is 20.3. The van der Waals surface area contributed by atoms with Gasteiger partial charge >= 0.3 is 5.69 Å². The lowest BCUT2D eigenvalue weighted by molar-refractivity contribution is 0.0936. The van der Waals surface area contributed by atoms with Gasteiger partial charge in [0.15, 0.2) is 11.2 Å². The van der Waals surface area contributed by atoms with Crippen LogP contribution in [0.5, 0.6) is 5.75 Å². The molecule has 3 aromatic rings. The lowest BCUT2D eigenvalue weighted by atomic mass is 10.0. The minimum atomic E-state index is -0.961. The second-order valence-corrected chi connectivity index (χ2v) is 9.48. The number of aryl methyl sites for hydroxylation is 1. The average molecular weight is 496 g/mol. The number of ether oxygens (including phenoxy) is 1. The van der Waals surface area contributed by atoms with Crippen LogP contribution in [0, 0.1) is 5.92 Å². The molecule has 2 atom stereocenters. The van der Waals surface area contributed by atoms with Crippen LogP contribution in [-0.2, 0) is 20.6 Å². The molecule has 11 heteroatoms. The van der Waals surface area contributed by atoms with E-state index >= 15 is 0 Å². The molecule has 178 valence electrons. The molecule has 1 fully saturated rings. The minimum Gasteiger partial charge on any atom is -0.489 e. The summed E-state index contributed by atoms with van der Waals surface area (Å²) >= 11 is 12.1. The Balaban J connectivity index is 1.70. The molecule has 1 N–H and O–H groups in total. The first kappa shape index (κ1) is 23.7. The van der Waals surface area contributed by atoms with Crippen LogP contribution in [0.25, 0.3) is 11.2 Å². The van der Waals surface area contributed by atoms with Crippen molar-refractivity contribution in [2.75, 3.05) is 24.6 Å². The fourth-order valence-corrected chi connectivity index (χ4v) is 4.73. The van der Waals surface area contributed by atoms with E-state index in [2.05, 4.69) is 16.8 Å². The van der Waals surface area contributed by atoms with Gasteiger partial charge in [0, 0.05) is 32.2 Å². The fraction of sp³-hybridized carbons (Fsp3) is 0.500. The molecule has 9 nitrogen and oxygen atoms in total. The summed E-state index contributed by atoms with van der Waals surface area (Å²) in [5.41, 5.74) is -0.329. The van der Waals surface area contributed by atoms with Crippen molar-refractivity contribution in [3.63, 3.8) is 0 Å². The van der Waals surface area contributed by atoms with Crippen LogP contribution in [0.4, 0.5) is 5.95 Å². The minimum absolute atomic E-state index is 0.0526. The Labute approximate surface area is 200 Å². The van der Waals surface area contributed by atoms with Crippen molar-refractivity contribution >= 4 is 40.3 Å². The van der Waals surface area contributed by atoms with E-state index in [0.29, 0.717) is 33.3 Å². The molecule has 33 heavy (non-hydrogen) atoms. The molecule has 0 spiro atoms. The summed E-state index contributed by atoms with van der Waals surface area (Å²) in [5, 5.41) is 11.6. The molecule has 0 radical (unpaired) electrons. The summed E-state index contributed by atoms with van der Waals surface area (Å²) in [6.45, 7) is 3.75. The number of piperidine rings is 1. The molecule has 0 aliphatic carbocycles. The highest BCUT2D eigenvalue weighted by Gasteiger charge is 2.27. The summed E-state index contributed by atoms with van der Waals surface area (Å²) in [5.74, 6) is 1.44. The van der Waals surface area contributed by atoms with E-state index in [1.165, 1.54) is 11.6 Å². The van der Waals surface area contributed by atoms with Gasteiger partial charge < -0.3 is 19.3 Å². The van der Waals surface area contributed by atoms with Crippen molar-refractivity contribution in [2.45, 2.75) is 32.4 Å². The molecule has 3 heterocycles. The number of aliphatic hydroxyl groups excluding tert-OH is 1. The molecule has 1 aromatic carbocycles. The lowest BCUT2D eigenvalue weighted by Crippen LogP contribution is -2.39. The van der Waals surface area contributed by atoms with E-state index in [1.54, 1.807) is 29.8 Å². The van der Waals surface area contributed by atoms with E-state index in [4.69, 9.17) is 27.9 Å². The van der Waals surface area contributed by atoms with Crippen LogP contribution in [0.1, 0.15) is 19.8 Å². The van der Waals surface area contributed by atoms with Crippen molar-refractivity contribution in [2.24, 2.45) is 20.0 Å². The molecule has 2 aromatic heterocycles. The molecule has 1 aliphatic heterocycles. The fourth-order valence-electron chi connectivity index (χ4n) is 4.26. The largest absolute Gasteiger partial charge is 0.489 e. The van der Waals surface area contributed by atoms with E-state index in [1.807, 2.05) is 0 Å². The maximum Gasteiger partial charge on any atom is 0.332 e. The van der Waals surface area contributed by atoms with Gasteiger partial charge in [0.1, 0.15) is 18.5 Å². The number of aromatic nitrogens is 4. The van der Waals surface area contributed by atoms with Gasteiger partial charge in [-0.1, -0.05) is 30.1 Å². The van der Waals surface area contributed by atoms with Crippen LogP contribution < -0.4 is 20.9 Å². The van der Waals surface area contributed by atoms with Crippen LogP contribution in [-0.4, -0.2) is 49.6 Å². The number of halogens is 2. The lowest BCUT2D eigenvalue weighted by Gasteiger charge is -2.32. The summed E-state index contributed by atoms with van der Waals surface area (Å²) in [7, 11) is 3.03. The Morgan fingerprint density at radius 1 is 1.24 bits per heavy atom. The van der Waals surface area contributed by atoms with E-state index in [9.17, 15) is 14.7 Å². The van der Waals surface area contributed by atoms with Gasteiger partial charge in [-0.05, 0) is 37.0 Å². The quantitative estimate of drug-likeness (QED) is 0.564. The Morgan fingerprint density at radius 3 is 2.70 bits per heavy atom. The van der Waals surface area contributed by atoms with Gasteiger partial charge in [-0.15, -0.1) is 0 Å². The maximum atomic E-state index is 13.0. The van der Waals surface area contributed by atoms with Crippen molar-refractivity contribution < 1.29 is 9.84 Å².